The van der Waals surface area contributed by atoms with E-state index < -0.39 is 0 Å². The number of hydrogen-bond acceptors (Lipinski definition) is 5. The predicted molar refractivity (Wildman–Crippen MR) is 85.7 cm³/mol. The number of hydrogen-bond donors (Lipinski definition) is 1. The van der Waals surface area contributed by atoms with Crippen LogP contribution in [-0.4, -0.2) is 35.6 Å². The average molecular weight is 317 g/mol. The van der Waals surface area contributed by atoms with Crippen LogP contribution >= 0.6 is 11.3 Å². The molecule has 3 aromatic rings. The third-order valence-corrected chi connectivity index (χ3v) is 4.22. The van der Waals surface area contributed by atoms with Gasteiger partial charge in [0.1, 0.15) is 4.88 Å². The summed E-state index contributed by atoms with van der Waals surface area (Å²) in [6.45, 7) is 1.09. The number of ether oxygens (including phenoxy) is 1. The van der Waals surface area contributed by atoms with Crippen molar-refractivity contribution in [3.8, 4) is 0 Å². The summed E-state index contributed by atoms with van der Waals surface area (Å²) in [7, 11) is 1.62. The highest BCUT2D eigenvalue weighted by atomic mass is 32.1. The number of nitrogens with zero attached hydrogens (tertiary/aromatic N) is 2. The second kappa shape index (κ2) is 6.25. The molecule has 1 aromatic carbocycles. The van der Waals surface area contributed by atoms with Gasteiger partial charge in [-0.05, 0) is 18.6 Å². The van der Waals surface area contributed by atoms with E-state index in [4.69, 9.17) is 4.74 Å². The topological polar surface area (TPSA) is 72.7 Å². The second-order valence-corrected chi connectivity index (χ2v) is 5.78. The van der Waals surface area contributed by atoms with E-state index in [1.54, 1.807) is 7.11 Å². The maximum atomic E-state index is 12.3. The predicted octanol–water partition coefficient (Wildman–Crippen LogP) is 1.68. The highest BCUT2D eigenvalue weighted by Crippen LogP contribution is 2.19. The summed E-state index contributed by atoms with van der Waals surface area (Å²) in [6.07, 6.45) is 0.729. The zero-order valence-corrected chi connectivity index (χ0v) is 12.9. The lowest BCUT2D eigenvalue weighted by molar-refractivity contribution is 0.0952. The summed E-state index contributed by atoms with van der Waals surface area (Å²) in [6, 6.07) is 8.77. The first-order valence-corrected chi connectivity index (χ1v) is 7.71. The number of nitrogens with one attached hydrogen (secondary N) is 1. The quantitative estimate of drug-likeness (QED) is 0.727. The van der Waals surface area contributed by atoms with E-state index >= 15 is 0 Å². The fraction of sp³-hybridized carbons (Fsp3) is 0.267. The molecule has 2 heterocycles. The zero-order valence-electron chi connectivity index (χ0n) is 12.0. The number of imidazole rings is 1. The fourth-order valence-corrected chi connectivity index (χ4v) is 3.15. The van der Waals surface area contributed by atoms with Gasteiger partial charge in [-0.15, -0.1) is 0 Å². The number of methoxy groups -OCH3 is 1. The first-order chi connectivity index (χ1) is 10.7. The molecule has 7 heteroatoms. The van der Waals surface area contributed by atoms with Crippen molar-refractivity contribution in [1.82, 2.24) is 14.7 Å². The Bertz CT molecular complexity index is 884. The molecule has 22 heavy (non-hydrogen) atoms. The Kier molecular flexibility index (Phi) is 4.17. The number of para-hydroxylation sites is 2. The second-order valence-electron chi connectivity index (χ2n) is 4.77. The molecule has 0 saturated heterocycles. The molecule has 0 spiro atoms. The molecule has 0 fully saturated rings. The number of carbonyl (C=O) groups excluding carboxylic acids is 1. The number of fused-ring (bicyclic) bond motifs is 3. The highest BCUT2D eigenvalue weighted by Gasteiger charge is 2.13. The molecule has 0 aliphatic carbocycles. The SMILES string of the molecule is COCCCNC(=O)c1cc(=O)n2c(nc3ccccc32)s1. The van der Waals surface area contributed by atoms with Crippen LogP contribution in [0.3, 0.4) is 0 Å². The van der Waals surface area contributed by atoms with E-state index in [0.717, 1.165) is 17.5 Å². The molecule has 0 radical (unpaired) electrons. The summed E-state index contributed by atoms with van der Waals surface area (Å²) >= 11 is 1.21. The standard InChI is InChI=1S/C15H15N3O3S/c1-21-8-4-7-16-14(20)12-9-13(19)18-11-6-3-2-5-10(11)17-15(18)22-12/h2-3,5-6,9H,4,7-8H2,1H3,(H,16,20). The monoisotopic (exact) mass is 317 g/mol. The Balaban J connectivity index is 1.94. The van der Waals surface area contributed by atoms with Crippen molar-refractivity contribution >= 4 is 33.2 Å². The number of aromatic nitrogens is 2. The minimum atomic E-state index is -0.257. The molecule has 6 nitrogen and oxygen atoms in total. The molecule has 0 atom stereocenters. The van der Waals surface area contributed by atoms with Gasteiger partial charge in [0.05, 0.1) is 11.0 Å². The molecule has 114 valence electrons. The van der Waals surface area contributed by atoms with Crippen molar-refractivity contribution in [1.29, 1.82) is 0 Å². The van der Waals surface area contributed by atoms with Crippen LogP contribution in [0.4, 0.5) is 0 Å². The van der Waals surface area contributed by atoms with Crippen molar-refractivity contribution < 1.29 is 9.53 Å². The van der Waals surface area contributed by atoms with E-state index in [9.17, 15) is 9.59 Å². The molecule has 2 aromatic heterocycles. The van der Waals surface area contributed by atoms with E-state index in [1.807, 2.05) is 24.3 Å². The van der Waals surface area contributed by atoms with E-state index in [-0.39, 0.29) is 11.5 Å². The summed E-state index contributed by atoms with van der Waals surface area (Å²) < 4.78 is 6.46. The molecular formula is C15H15N3O3S. The van der Waals surface area contributed by atoms with Gasteiger partial charge in [-0.25, -0.2) is 4.98 Å². The summed E-state index contributed by atoms with van der Waals surface area (Å²) in [4.78, 5) is 29.7. The van der Waals surface area contributed by atoms with Gasteiger partial charge in [0.15, 0.2) is 4.96 Å². The van der Waals surface area contributed by atoms with Crippen molar-refractivity contribution in [2.45, 2.75) is 6.42 Å². The molecule has 0 aliphatic heterocycles. The maximum absolute atomic E-state index is 12.3. The van der Waals surface area contributed by atoms with Crippen LogP contribution in [0.5, 0.6) is 0 Å². The van der Waals surface area contributed by atoms with Gasteiger partial charge in [0.25, 0.3) is 11.5 Å². The lowest BCUT2D eigenvalue weighted by atomic mass is 10.3. The van der Waals surface area contributed by atoms with Crippen molar-refractivity contribution in [3.63, 3.8) is 0 Å². The van der Waals surface area contributed by atoms with Crippen LogP contribution in [0, 0.1) is 0 Å². The van der Waals surface area contributed by atoms with E-state index in [2.05, 4.69) is 10.3 Å². The molecule has 0 unspecified atom stereocenters. The lowest BCUT2D eigenvalue weighted by Crippen LogP contribution is -2.26. The first-order valence-electron chi connectivity index (χ1n) is 6.89. The largest absolute Gasteiger partial charge is 0.385 e. The molecular weight excluding hydrogens is 302 g/mol. The van der Waals surface area contributed by atoms with Gasteiger partial charge in [-0.1, -0.05) is 23.5 Å². The summed E-state index contributed by atoms with van der Waals surface area (Å²) in [5.41, 5.74) is 1.25. The van der Waals surface area contributed by atoms with Crippen LogP contribution in [0.25, 0.3) is 16.0 Å². The molecule has 3 rings (SSSR count). The Morgan fingerprint density at radius 2 is 2.23 bits per heavy atom. The average Bonchev–Trinajstić information content (AvgIpc) is 2.90. The summed E-state index contributed by atoms with van der Waals surface area (Å²) in [5, 5.41) is 2.77. The van der Waals surface area contributed by atoms with Crippen molar-refractivity contribution in [2.24, 2.45) is 0 Å². The number of benzene rings is 1. The van der Waals surface area contributed by atoms with Crippen LogP contribution in [-0.2, 0) is 4.74 Å². The van der Waals surface area contributed by atoms with Gasteiger partial charge in [-0.2, -0.15) is 0 Å². The third kappa shape index (κ3) is 2.72. The minimum Gasteiger partial charge on any atom is -0.385 e. The first kappa shape index (κ1) is 14.7. The Morgan fingerprint density at radius 1 is 1.41 bits per heavy atom. The zero-order chi connectivity index (χ0) is 15.5. The number of rotatable bonds is 5. The van der Waals surface area contributed by atoms with E-state index in [1.165, 1.54) is 21.8 Å². The van der Waals surface area contributed by atoms with Gasteiger partial charge in [0, 0.05) is 26.3 Å². The Morgan fingerprint density at radius 3 is 3.05 bits per heavy atom. The third-order valence-electron chi connectivity index (χ3n) is 3.24. The molecule has 0 saturated carbocycles. The summed E-state index contributed by atoms with van der Waals surface area (Å²) in [5.74, 6) is -0.257. The maximum Gasteiger partial charge on any atom is 0.261 e. The number of amides is 1. The van der Waals surface area contributed by atoms with Crippen molar-refractivity contribution in [3.05, 3.63) is 45.6 Å². The van der Waals surface area contributed by atoms with E-state index in [0.29, 0.717) is 23.0 Å². The fourth-order valence-electron chi connectivity index (χ4n) is 2.21. The van der Waals surface area contributed by atoms with Gasteiger partial charge in [-0.3, -0.25) is 14.0 Å². The molecule has 1 N–H and O–H groups in total. The molecule has 0 bridgehead atoms. The highest BCUT2D eigenvalue weighted by molar-refractivity contribution is 7.18. The van der Waals surface area contributed by atoms with Gasteiger partial charge >= 0.3 is 0 Å². The van der Waals surface area contributed by atoms with Gasteiger partial charge < -0.3 is 10.1 Å². The lowest BCUT2D eigenvalue weighted by Gasteiger charge is -2.04. The smallest absolute Gasteiger partial charge is 0.261 e. The number of carbonyl (C=O) groups is 1. The normalized spacial score (nSPS) is 11.1. The Labute approximate surface area is 130 Å². The molecule has 1 amide bonds. The van der Waals surface area contributed by atoms with Gasteiger partial charge in [0.2, 0.25) is 0 Å². The van der Waals surface area contributed by atoms with Crippen LogP contribution in [0.1, 0.15) is 16.1 Å². The minimum absolute atomic E-state index is 0.246. The van der Waals surface area contributed by atoms with Crippen LogP contribution in [0.15, 0.2) is 35.1 Å². The molecule has 0 aliphatic rings. The van der Waals surface area contributed by atoms with Crippen molar-refractivity contribution in [2.75, 3.05) is 20.3 Å². The van der Waals surface area contributed by atoms with Crippen LogP contribution < -0.4 is 10.9 Å². The Hall–Kier alpha value is -2.25. The van der Waals surface area contributed by atoms with Crippen LogP contribution in [0.2, 0.25) is 0 Å².